The maximum absolute atomic E-state index is 12.3. The van der Waals surface area contributed by atoms with Crippen LogP contribution < -0.4 is 4.74 Å². The molecule has 0 fully saturated rings. The Labute approximate surface area is 144 Å². The van der Waals surface area contributed by atoms with E-state index in [1.54, 1.807) is 31.4 Å². The van der Waals surface area contributed by atoms with E-state index in [2.05, 4.69) is 0 Å². The van der Waals surface area contributed by atoms with Crippen molar-refractivity contribution in [3.8, 4) is 5.75 Å². The Kier molecular flexibility index (Phi) is 4.57. The minimum atomic E-state index is -0.456. The van der Waals surface area contributed by atoms with Gasteiger partial charge in [-0.1, -0.05) is 24.3 Å². The second-order valence-electron chi connectivity index (χ2n) is 5.47. The van der Waals surface area contributed by atoms with Crippen molar-refractivity contribution < 1.29 is 14.5 Å². The highest BCUT2D eigenvalue weighted by Crippen LogP contribution is 2.22. The van der Waals surface area contributed by atoms with Gasteiger partial charge in [-0.15, -0.1) is 0 Å². The molecule has 5 heteroatoms. The van der Waals surface area contributed by atoms with Crippen molar-refractivity contribution in [2.24, 2.45) is 0 Å². The van der Waals surface area contributed by atoms with Crippen LogP contribution in [0, 0.1) is 10.1 Å². The molecule has 25 heavy (non-hydrogen) atoms. The lowest BCUT2D eigenvalue weighted by molar-refractivity contribution is -0.384. The first-order valence-electron chi connectivity index (χ1n) is 7.61. The molecule has 0 heterocycles. The zero-order chi connectivity index (χ0) is 17.8. The van der Waals surface area contributed by atoms with Crippen molar-refractivity contribution >= 4 is 28.3 Å². The molecule has 0 aliphatic rings. The van der Waals surface area contributed by atoms with E-state index >= 15 is 0 Å². The maximum atomic E-state index is 12.3. The van der Waals surface area contributed by atoms with Gasteiger partial charge in [0.2, 0.25) is 0 Å². The van der Waals surface area contributed by atoms with Crippen LogP contribution in [-0.4, -0.2) is 17.8 Å². The lowest BCUT2D eigenvalue weighted by Gasteiger charge is -2.04. The number of nitrogens with zero attached hydrogens (tertiary/aromatic N) is 1. The van der Waals surface area contributed by atoms with Gasteiger partial charge in [0.1, 0.15) is 5.75 Å². The monoisotopic (exact) mass is 333 g/mol. The van der Waals surface area contributed by atoms with E-state index in [9.17, 15) is 14.9 Å². The molecular weight excluding hydrogens is 318 g/mol. The molecule has 0 saturated carbocycles. The summed E-state index contributed by atoms with van der Waals surface area (Å²) in [6, 6.07) is 17.2. The van der Waals surface area contributed by atoms with Gasteiger partial charge >= 0.3 is 0 Å². The van der Waals surface area contributed by atoms with Gasteiger partial charge in [-0.05, 0) is 52.7 Å². The Morgan fingerprint density at radius 2 is 1.68 bits per heavy atom. The number of nitro groups is 1. The largest absolute Gasteiger partial charge is 0.497 e. The summed E-state index contributed by atoms with van der Waals surface area (Å²) in [5.41, 5.74) is 1.33. The molecule has 0 spiro atoms. The average molecular weight is 333 g/mol. The number of benzene rings is 3. The van der Waals surface area contributed by atoms with Crippen LogP contribution in [0.15, 0.2) is 66.7 Å². The van der Waals surface area contributed by atoms with E-state index in [-0.39, 0.29) is 11.5 Å². The first kappa shape index (κ1) is 16.4. The smallest absolute Gasteiger partial charge is 0.269 e. The Bertz CT molecular complexity index is 975. The van der Waals surface area contributed by atoms with E-state index < -0.39 is 4.92 Å². The Balaban J connectivity index is 1.80. The average Bonchev–Trinajstić information content (AvgIpc) is 2.65. The summed E-state index contributed by atoms with van der Waals surface area (Å²) in [7, 11) is 1.61. The quantitative estimate of drug-likeness (QED) is 0.295. The molecule has 0 atom stereocenters. The number of methoxy groups -OCH3 is 1. The molecule has 0 aromatic heterocycles. The number of rotatable bonds is 5. The molecule has 3 aromatic carbocycles. The van der Waals surface area contributed by atoms with Crippen molar-refractivity contribution in [3.05, 3.63) is 88.0 Å². The number of ketones is 1. The van der Waals surface area contributed by atoms with Crippen LogP contribution in [0.25, 0.3) is 16.8 Å². The molecule has 0 unspecified atom stereocenters. The SMILES string of the molecule is COc1ccc2cc(C(=O)/C=C/c3ccc([N+](=O)[O-])cc3)ccc2c1. The molecule has 0 saturated heterocycles. The van der Waals surface area contributed by atoms with Crippen molar-refractivity contribution in [1.29, 1.82) is 0 Å². The van der Waals surface area contributed by atoms with Gasteiger partial charge in [0, 0.05) is 17.7 Å². The van der Waals surface area contributed by atoms with Crippen molar-refractivity contribution in [2.45, 2.75) is 0 Å². The molecule has 3 aromatic rings. The van der Waals surface area contributed by atoms with Crippen LogP contribution in [0.2, 0.25) is 0 Å². The molecule has 0 bridgehead atoms. The molecule has 0 amide bonds. The van der Waals surface area contributed by atoms with E-state index in [1.165, 1.54) is 18.2 Å². The second kappa shape index (κ2) is 6.97. The van der Waals surface area contributed by atoms with E-state index in [1.807, 2.05) is 30.3 Å². The fourth-order valence-electron chi connectivity index (χ4n) is 2.48. The van der Waals surface area contributed by atoms with Gasteiger partial charge in [-0.2, -0.15) is 0 Å². The standard InChI is InChI=1S/C20H15NO4/c1-25-19-10-7-15-12-17(6-5-16(15)13-19)20(22)11-4-14-2-8-18(9-3-14)21(23)24/h2-13H,1H3/b11-4+. The maximum Gasteiger partial charge on any atom is 0.269 e. The van der Waals surface area contributed by atoms with Gasteiger partial charge in [-0.3, -0.25) is 14.9 Å². The number of allylic oxidation sites excluding steroid dienone is 1. The van der Waals surface area contributed by atoms with Crippen LogP contribution in [-0.2, 0) is 0 Å². The van der Waals surface area contributed by atoms with Gasteiger partial charge in [0.05, 0.1) is 12.0 Å². The van der Waals surface area contributed by atoms with E-state index in [0.29, 0.717) is 5.56 Å². The molecule has 124 valence electrons. The van der Waals surface area contributed by atoms with Crippen molar-refractivity contribution in [2.75, 3.05) is 7.11 Å². The summed E-state index contributed by atoms with van der Waals surface area (Å²) in [6.45, 7) is 0. The lowest BCUT2D eigenvalue weighted by Crippen LogP contribution is -1.94. The summed E-state index contributed by atoms with van der Waals surface area (Å²) in [4.78, 5) is 22.5. The number of fused-ring (bicyclic) bond motifs is 1. The highest BCUT2D eigenvalue weighted by molar-refractivity contribution is 6.08. The number of carbonyl (C=O) groups is 1. The predicted molar refractivity (Wildman–Crippen MR) is 97.0 cm³/mol. The zero-order valence-electron chi connectivity index (χ0n) is 13.5. The first-order chi connectivity index (χ1) is 12.1. The third-order valence-corrected chi connectivity index (χ3v) is 3.86. The summed E-state index contributed by atoms with van der Waals surface area (Å²) in [6.07, 6.45) is 3.11. The van der Waals surface area contributed by atoms with Crippen molar-refractivity contribution in [1.82, 2.24) is 0 Å². The molecule has 0 aliphatic heterocycles. The summed E-state index contributed by atoms with van der Waals surface area (Å²) >= 11 is 0. The number of ether oxygens (including phenoxy) is 1. The molecule has 5 nitrogen and oxygen atoms in total. The number of nitro benzene ring substituents is 1. The topological polar surface area (TPSA) is 69.4 Å². The zero-order valence-corrected chi connectivity index (χ0v) is 13.5. The Hall–Kier alpha value is -3.47. The van der Waals surface area contributed by atoms with Crippen LogP contribution in [0.4, 0.5) is 5.69 Å². The highest BCUT2D eigenvalue weighted by atomic mass is 16.6. The van der Waals surface area contributed by atoms with Crippen LogP contribution in [0.3, 0.4) is 0 Å². The van der Waals surface area contributed by atoms with Gasteiger partial charge in [0.25, 0.3) is 5.69 Å². The first-order valence-corrected chi connectivity index (χ1v) is 7.61. The summed E-state index contributed by atoms with van der Waals surface area (Å²) in [5, 5.41) is 12.6. The van der Waals surface area contributed by atoms with Crippen LogP contribution in [0.1, 0.15) is 15.9 Å². The van der Waals surface area contributed by atoms with E-state index in [4.69, 9.17) is 4.74 Å². The second-order valence-corrected chi connectivity index (χ2v) is 5.47. The molecule has 0 radical (unpaired) electrons. The highest BCUT2D eigenvalue weighted by Gasteiger charge is 2.05. The number of hydrogen-bond donors (Lipinski definition) is 0. The van der Waals surface area contributed by atoms with Gasteiger partial charge < -0.3 is 4.74 Å². The summed E-state index contributed by atoms with van der Waals surface area (Å²) in [5.74, 6) is 0.640. The molecule has 0 aliphatic carbocycles. The molecule has 0 N–H and O–H groups in total. The number of non-ortho nitro benzene ring substituents is 1. The Morgan fingerprint density at radius 3 is 2.36 bits per heavy atom. The van der Waals surface area contributed by atoms with E-state index in [0.717, 1.165) is 22.1 Å². The minimum absolute atomic E-state index is 0.0217. The third kappa shape index (κ3) is 3.72. The van der Waals surface area contributed by atoms with Gasteiger partial charge in [0.15, 0.2) is 5.78 Å². The summed E-state index contributed by atoms with van der Waals surface area (Å²) < 4.78 is 5.19. The lowest BCUT2D eigenvalue weighted by atomic mass is 10.0. The predicted octanol–water partition coefficient (Wildman–Crippen LogP) is 4.65. The third-order valence-electron chi connectivity index (χ3n) is 3.86. The number of hydrogen-bond acceptors (Lipinski definition) is 4. The fourth-order valence-corrected chi connectivity index (χ4v) is 2.48. The normalized spacial score (nSPS) is 10.9. The van der Waals surface area contributed by atoms with Crippen LogP contribution >= 0.6 is 0 Å². The van der Waals surface area contributed by atoms with Crippen molar-refractivity contribution in [3.63, 3.8) is 0 Å². The minimum Gasteiger partial charge on any atom is -0.497 e. The Morgan fingerprint density at radius 1 is 1.00 bits per heavy atom. The van der Waals surface area contributed by atoms with Crippen LogP contribution in [0.5, 0.6) is 5.75 Å². The molecular formula is C20H15NO4. The number of carbonyl (C=O) groups excluding carboxylic acids is 1. The van der Waals surface area contributed by atoms with Gasteiger partial charge in [-0.25, -0.2) is 0 Å². The molecule has 3 rings (SSSR count). The fraction of sp³-hybridized carbons (Fsp3) is 0.0500.